The lowest BCUT2D eigenvalue weighted by Gasteiger charge is -2.09. The number of pyridine rings is 1. The fourth-order valence-corrected chi connectivity index (χ4v) is 2.70. The van der Waals surface area contributed by atoms with Crippen LogP contribution in [-0.4, -0.2) is 23.3 Å². The van der Waals surface area contributed by atoms with Crippen molar-refractivity contribution in [2.75, 3.05) is 6.61 Å². The molecule has 0 aliphatic heterocycles. The number of benzene rings is 2. The molecule has 25 heavy (non-hydrogen) atoms. The van der Waals surface area contributed by atoms with Gasteiger partial charge in [-0.25, -0.2) is 4.79 Å². The van der Waals surface area contributed by atoms with Crippen LogP contribution < -0.4 is 0 Å². The minimum atomic E-state index is -0.500. The first-order valence-electron chi connectivity index (χ1n) is 8.33. The van der Waals surface area contributed by atoms with Gasteiger partial charge in [0.15, 0.2) is 12.4 Å². The number of ketones is 1. The van der Waals surface area contributed by atoms with Crippen molar-refractivity contribution in [1.29, 1.82) is 0 Å². The Bertz CT molecular complexity index is 903. The molecule has 1 aromatic heterocycles. The number of fused-ring (bicyclic) bond motifs is 1. The number of aromatic nitrogens is 1. The standard InChI is InChI=1S/C21H19NO3/c1-2-8-16-13-18(17-11-6-7-12-19(17)22-16)21(24)25-14-20(23)15-9-4-3-5-10-15/h3-7,9-13H,2,8,14H2,1H3. The predicted molar refractivity (Wildman–Crippen MR) is 96.8 cm³/mol. The van der Waals surface area contributed by atoms with Gasteiger partial charge >= 0.3 is 5.97 Å². The summed E-state index contributed by atoms with van der Waals surface area (Å²) >= 11 is 0. The summed E-state index contributed by atoms with van der Waals surface area (Å²) in [5.74, 6) is -0.721. The third-order valence-electron chi connectivity index (χ3n) is 3.93. The van der Waals surface area contributed by atoms with E-state index in [1.54, 1.807) is 30.3 Å². The Balaban J connectivity index is 1.82. The highest BCUT2D eigenvalue weighted by Crippen LogP contribution is 2.20. The molecule has 0 aliphatic carbocycles. The molecule has 3 aromatic rings. The molecule has 0 radical (unpaired) electrons. The Morgan fingerprint density at radius 1 is 1.00 bits per heavy atom. The average molecular weight is 333 g/mol. The van der Waals surface area contributed by atoms with E-state index in [1.165, 1.54) is 0 Å². The Morgan fingerprint density at radius 3 is 2.48 bits per heavy atom. The summed E-state index contributed by atoms with van der Waals surface area (Å²) in [6.07, 6.45) is 1.72. The van der Waals surface area contributed by atoms with E-state index in [4.69, 9.17) is 4.74 Å². The van der Waals surface area contributed by atoms with Crippen LogP contribution in [0, 0.1) is 0 Å². The zero-order chi connectivity index (χ0) is 17.6. The monoisotopic (exact) mass is 333 g/mol. The molecular formula is C21H19NO3. The van der Waals surface area contributed by atoms with Gasteiger partial charge in [0.1, 0.15) is 0 Å². The minimum absolute atomic E-state index is 0.221. The van der Waals surface area contributed by atoms with Gasteiger partial charge in [0.25, 0.3) is 0 Å². The molecule has 0 unspecified atom stereocenters. The van der Waals surface area contributed by atoms with E-state index in [-0.39, 0.29) is 12.4 Å². The summed E-state index contributed by atoms with van der Waals surface area (Å²) < 4.78 is 5.27. The minimum Gasteiger partial charge on any atom is -0.454 e. The van der Waals surface area contributed by atoms with Gasteiger partial charge in [0.2, 0.25) is 0 Å². The van der Waals surface area contributed by atoms with Gasteiger partial charge in [-0.05, 0) is 18.6 Å². The summed E-state index contributed by atoms with van der Waals surface area (Å²) in [7, 11) is 0. The molecule has 4 heteroatoms. The van der Waals surface area contributed by atoms with E-state index in [1.807, 2.05) is 30.3 Å². The second-order valence-corrected chi connectivity index (χ2v) is 5.79. The summed E-state index contributed by atoms with van der Waals surface area (Å²) in [4.78, 5) is 29.2. The van der Waals surface area contributed by atoms with Crippen molar-refractivity contribution in [3.05, 3.63) is 77.5 Å². The van der Waals surface area contributed by atoms with E-state index in [0.29, 0.717) is 11.1 Å². The van der Waals surface area contributed by atoms with Crippen molar-refractivity contribution < 1.29 is 14.3 Å². The van der Waals surface area contributed by atoms with Crippen LogP contribution in [0.25, 0.3) is 10.9 Å². The quantitative estimate of drug-likeness (QED) is 0.500. The van der Waals surface area contributed by atoms with Crippen molar-refractivity contribution in [2.24, 2.45) is 0 Å². The maximum absolute atomic E-state index is 12.5. The molecule has 126 valence electrons. The molecule has 0 fully saturated rings. The van der Waals surface area contributed by atoms with Gasteiger partial charge in [0, 0.05) is 16.6 Å². The van der Waals surface area contributed by atoms with Gasteiger partial charge in [-0.1, -0.05) is 61.9 Å². The number of esters is 1. The van der Waals surface area contributed by atoms with Crippen LogP contribution in [0.4, 0.5) is 0 Å². The van der Waals surface area contributed by atoms with Gasteiger partial charge < -0.3 is 4.74 Å². The molecule has 0 spiro atoms. The van der Waals surface area contributed by atoms with Gasteiger partial charge in [0.05, 0.1) is 11.1 Å². The number of carbonyl (C=O) groups is 2. The Hall–Kier alpha value is -3.01. The van der Waals surface area contributed by atoms with E-state index >= 15 is 0 Å². The van der Waals surface area contributed by atoms with Crippen LogP contribution in [0.2, 0.25) is 0 Å². The first kappa shape index (κ1) is 16.8. The van der Waals surface area contributed by atoms with Crippen LogP contribution in [0.15, 0.2) is 60.7 Å². The number of nitrogens with zero attached hydrogens (tertiary/aromatic N) is 1. The summed E-state index contributed by atoms with van der Waals surface area (Å²) in [5.41, 5.74) is 2.59. The predicted octanol–water partition coefficient (Wildman–Crippen LogP) is 4.23. The topological polar surface area (TPSA) is 56.3 Å². The fourth-order valence-electron chi connectivity index (χ4n) is 2.70. The van der Waals surface area contributed by atoms with Crippen LogP contribution >= 0.6 is 0 Å². The normalized spacial score (nSPS) is 10.6. The van der Waals surface area contributed by atoms with Crippen molar-refractivity contribution in [1.82, 2.24) is 4.98 Å². The highest BCUT2D eigenvalue weighted by atomic mass is 16.5. The molecule has 0 atom stereocenters. The zero-order valence-electron chi connectivity index (χ0n) is 14.1. The maximum Gasteiger partial charge on any atom is 0.339 e. The van der Waals surface area contributed by atoms with Crippen molar-refractivity contribution in [2.45, 2.75) is 19.8 Å². The molecule has 0 aliphatic rings. The molecule has 2 aromatic carbocycles. The maximum atomic E-state index is 12.5. The molecule has 4 nitrogen and oxygen atoms in total. The van der Waals surface area contributed by atoms with Crippen LogP contribution in [0.3, 0.4) is 0 Å². The van der Waals surface area contributed by atoms with Crippen LogP contribution in [0.1, 0.15) is 39.8 Å². The van der Waals surface area contributed by atoms with Crippen LogP contribution in [0.5, 0.6) is 0 Å². The lowest BCUT2D eigenvalue weighted by atomic mass is 10.1. The van der Waals surface area contributed by atoms with Gasteiger partial charge in [-0.3, -0.25) is 9.78 Å². The molecule has 0 amide bonds. The van der Waals surface area contributed by atoms with Crippen molar-refractivity contribution in [3.63, 3.8) is 0 Å². The van der Waals surface area contributed by atoms with Gasteiger partial charge in [-0.15, -0.1) is 0 Å². The largest absolute Gasteiger partial charge is 0.454 e. The molecule has 0 N–H and O–H groups in total. The zero-order valence-corrected chi connectivity index (χ0v) is 14.1. The second-order valence-electron chi connectivity index (χ2n) is 5.79. The molecule has 0 saturated heterocycles. The number of carbonyl (C=O) groups excluding carboxylic acids is 2. The Labute approximate surface area is 146 Å². The van der Waals surface area contributed by atoms with E-state index in [2.05, 4.69) is 11.9 Å². The highest BCUT2D eigenvalue weighted by molar-refractivity contribution is 6.05. The molecule has 0 bridgehead atoms. The van der Waals surface area contributed by atoms with E-state index in [0.717, 1.165) is 29.4 Å². The second kappa shape index (κ2) is 7.71. The summed E-state index contributed by atoms with van der Waals surface area (Å²) in [5, 5.41) is 0.736. The Kier molecular flexibility index (Phi) is 5.19. The lowest BCUT2D eigenvalue weighted by molar-refractivity contribution is 0.0476. The SMILES string of the molecule is CCCc1cc(C(=O)OCC(=O)c2ccccc2)c2ccccc2n1. The smallest absolute Gasteiger partial charge is 0.339 e. The number of rotatable bonds is 6. The third kappa shape index (κ3) is 3.91. The van der Waals surface area contributed by atoms with Crippen molar-refractivity contribution >= 4 is 22.7 Å². The summed E-state index contributed by atoms with van der Waals surface area (Å²) in [6.45, 7) is 1.79. The van der Waals surface area contributed by atoms with Crippen molar-refractivity contribution in [3.8, 4) is 0 Å². The number of Topliss-reactive ketones (excluding diaryl/α,β-unsaturated/α-hetero) is 1. The lowest BCUT2D eigenvalue weighted by Crippen LogP contribution is -2.15. The van der Waals surface area contributed by atoms with E-state index in [9.17, 15) is 9.59 Å². The van der Waals surface area contributed by atoms with Gasteiger partial charge in [-0.2, -0.15) is 0 Å². The fraction of sp³-hybridized carbons (Fsp3) is 0.190. The average Bonchev–Trinajstić information content (AvgIpc) is 2.66. The number of ether oxygens (including phenoxy) is 1. The summed E-state index contributed by atoms with van der Waals surface area (Å²) in [6, 6.07) is 18.0. The number of hydrogen-bond donors (Lipinski definition) is 0. The van der Waals surface area contributed by atoms with Crippen LogP contribution in [-0.2, 0) is 11.2 Å². The molecular weight excluding hydrogens is 314 g/mol. The molecule has 1 heterocycles. The Morgan fingerprint density at radius 2 is 1.72 bits per heavy atom. The number of aryl methyl sites for hydroxylation is 1. The molecule has 3 rings (SSSR count). The number of hydrogen-bond acceptors (Lipinski definition) is 4. The van der Waals surface area contributed by atoms with E-state index < -0.39 is 5.97 Å². The third-order valence-corrected chi connectivity index (χ3v) is 3.93. The first-order valence-corrected chi connectivity index (χ1v) is 8.33. The number of para-hydroxylation sites is 1. The molecule has 0 saturated carbocycles. The first-order chi connectivity index (χ1) is 12.2. The highest BCUT2D eigenvalue weighted by Gasteiger charge is 2.16.